The van der Waals surface area contributed by atoms with Crippen molar-refractivity contribution in [2.24, 2.45) is 5.92 Å². The first-order chi connectivity index (χ1) is 16.3. The van der Waals surface area contributed by atoms with Crippen LogP contribution in [0.15, 0.2) is 71.6 Å². The van der Waals surface area contributed by atoms with Gasteiger partial charge in [-0.3, -0.25) is 10.1 Å². The van der Waals surface area contributed by atoms with Crippen LogP contribution in [0.1, 0.15) is 39.9 Å². The van der Waals surface area contributed by atoms with E-state index in [9.17, 15) is 20.0 Å². The van der Waals surface area contributed by atoms with E-state index in [1.807, 2.05) is 24.3 Å². The summed E-state index contributed by atoms with van der Waals surface area (Å²) in [5.74, 6) is -1.03. The van der Waals surface area contributed by atoms with E-state index in [0.717, 1.165) is 16.8 Å². The average molecular weight is 515 g/mol. The number of fused-ring (bicyclic) bond motifs is 3. The minimum absolute atomic E-state index is 0.0527. The number of hydrogen-bond donors (Lipinski definition) is 2. The molecule has 174 valence electrons. The summed E-state index contributed by atoms with van der Waals surface area (Å²) in [5, 5.41) is 24.9. The highest BCUT2D eigenvalue weighted by Crippen LogP contribution is 2.58. The lowest BCUT2D eigenvalue weighted by Crippen LogP contribution is -2.31. The number of nitrogens with one attached hydrogen (secondary N) is 1. The topological polar surface area (TPSA) is 92.5 Å². The monoisotopic (exact) mass is 514 g/mol. The molecule has 0 radical (unpaired) electrons. The fourth-order valence-corrected chi connectivity index (χ4v) is 7.19. The Hall–Kier alpha value is -2.74. The average Bonchev–Trinajstić information content (AvgIpc) is 3.15. The molecule has 6 nitrogen and oxygen atoms in total. The maximum absolute atomic E-state index is 11.7. The van der Waals surface area contributed by atoms with Gasteiger partial charge in [-0.05, 0) is 59.9 Å². The van der Waals surface area contributed by atoms with Crippen molar-refractivity contribution in [2.45, 2.75) is 33.9 Å². The molecular weight excluding hydrogens is 495 g/mol. The number of aromatic carboxylic acids is 1. The van der Waals surface area contributed by atoms with Crippen LogP contribution in [-0.4, -0.2) is 26.6 Å². The first kappa shape index (κ1) is 23.0. The van der Waals surface area contributed by atoms with Gasteiger partial charge in [-0.25, -0.2) is 4.79 Å². The molecule has 1 fully saturated rings. The predicted molar refractivity (Wildman–Crippen MR) is 134 cm³/mol. The molecule has 0 spiro atoms. The van der Waals surface area contributed by atoms with Gasteiger partial charge in [0, 0.05) is 27.9 Å². The molecule has 1 aliphatic heterocycles. The first-order valence-corrected chi connectivity index (χ1v) is 12.5. The van der Waals surface area contributed by atoms with Crippen LogP contribution in [0, 0.1) is 16.0 Å². The number of rotatable bonds is 5. The van der Waals surface area contributed by atoms with Crippen LogP contribution in [0.5, 0.6) is 0 Å². The number of nitro groups is 1. The molecule has 9 heteroatoms. The maximum Gasteiger partial charge on any atom is 0.335 e. The Morgan fingerprint density at radius 3 is 2.56 bits per heavy atom. The van der Waals surface area contributed by atoms with E-state index in [0.29, 0.717) is 16.3 Å². The number of nitrogens with zero attached hydrogens (tertiary/aromatic N) is 1. The van der Waals surface area contributed by atoms with Gasteiger partial charge in [0.15, 0.2) is 0 Å². The quantitative estimate of drug-likeness (QED) is 0.216. The molecule has 2 aliphatic rings. The number of carboxylic acids is 1. The number of thioether (sulfide) groups is 1. The van der Waals surface area contributed by atoms with Crippen molar-refractivity contribution in [3.05, 3.63) is 98.6 Å². The molecule has 3 aromatic rings. The third-order valence-corrected chi connectivity index (χ3v) is 8.99. The third-order valence-electron chi connectivity index (χ3n) is 6.63. The SMILES string of the molecule is O=C(O)c1ccc2c(c1)[C@@H]1[C@H](Cl)[C@@H](Sc3ccccc3[N+](=O)[O-])C[C@H]1[C@H](c1ccc(Cl)cc1)N2. The van der Waals surface area contributed by atoms with Gasteiger partial charge in [0.05, 0.1) is 26.8 Å². The number of alkyl halides is 1. The van der Waals surface area contributed by atoms with Crippen LogP contribution in [-0.2, 0) is 0 Å². The molecule has 1 aliphatic carbocycles. The smallest absolute Gasteiger partial charge is 0.335 e. The number of anilines is 1. The molecule has 5 atom stereocenters. The van der Waals surface area contributed by atoms with Gasteiger partial charge in [-0.15, -0.1) is 23.4 Å². The van der Waals surface area contributed by atoms with Crippen LogP contribution in [0.4, 0.5) is 11.4 Å². The van der Waals surface area contributed by atoms with Gasteiger partial charge in [-0.2, -0.15) is 0 Å². The van der Waals surface area contributed by atoms with Crippen molar-refractivity contribution < 1.29 is 14.8 Å². The van der Waals surface area contributed by atoms with E-state index in [4.69, 9.17) is 23.2 Å². The van der Waals surface area contributed by atoms with Crippen molar-refractivity contribution in [3.63, 3.8) is 0 Å². The second kappa shape index (κ2) is 9.13. The molecule has 5 rings (SSSR count). The fraction of sp³-hybridized carbons (Fsp3) is 0.240. The predicted octanol–water partition coefficient (Wildman–Crippen LogP) is 6.99. The van der Waals surface area contributed by atoms with Crippen molar-refractivity contribution in [3.8, 4) is 0 Å². The summed E-state index contributed by atoms with van der Waals surface area (Å²) in [4.78, 5) is 23.4. The molecule has 1 saturated carbocycles. The number of carboxylic acid groups (broad SMARTS) is 1. The van der Waals surface area contributed by atoms with E-state index in [1.54, 1.807) is 36.4 Å². The summed E-state index contributed by atoms with van der Waals surface area (Å²) in [5.41, 5.74) is 3.07. The van der Waals surface area contributed by atoms with Gasteiger partial charge in [0.2, 0.25) is 0 Å². The molecular formula is C25H20Cl2N2O4S. The first-order valence-electron chi connectivity index (χ1n) is 10.8. The lowest BCUT2D eigenvalue weighted by molar-refractivity contribution is -0.387. The van der Waals surface area contributed by atoms with Gasteiger partial charge >= 0.3 is 5.97 Å². The lowest BCUT2D eigenvalue weighted by Gasteiger charge is -2.38. The van der Waals surface area contributed by atoms with Crippen molar-refractivity contribution in [1.29, 1.82) is 0 Å². The number of nitro benzene ring substituents is 1. The third kappa shape index (κ3) is 4.13. The Labute approximate surface area is 210 Å². The largest absolute Gasteiger partial charge is 0.478 e. The highest BCUT2D eigenvalue weighted by atomic mass is 35.5. The molecule has 0 unspecified atom stereocenters. The highest BCUT2D eigenvalue weighted by Gasteiger charge is 2.50. The second-order valence-electron chi connectivity index (χ2n) is 8.53. The molecule has 3 aromatic carbocycles. The summed E-state index contributed by atoms with van der Waals surface area (Å²) in [6, 6.07) is 19.4. The zero-order valence-corrected chi connectivity index (χ0v) is 20.1. The van der Waals surface area contributed by atoms with Gasteiger partial charge in [0.25, 0.3) is 5.69 Å². The van der Waals surface area contributed by atoms with Crippen LogP contribution in [0.3, 0.4) is 0 Å². The van der Waals surface area contributed by atoms with Crippen LogP contribution in [0.25, 0.3) is 0 Å². The summed E-state index contributed by atoms with van der Waals surface area (Å²) >= 11 is 14.6. The zero-order valence-electron chi connectivity index (χ0n) is 17.7. The molecule has 2 N–H and O–H groups in total. The Morgan fingerprint density at radius 1 is 1.12 bits per heavy atom. The van der Waals surface area contributed by atoms with Crippen molar-refractivity contribution >= 4 is 52.3 Å². The lowest BCUT2D eigenvalue weighted by atomic mass is 9.77. The Bertz CT molecular complexity index is 1270. The second-order valence-corrected chi connectivity index (χ2v) is 10.8. The molecule has 0 saturated heterocycles. The van der Waals surface area contributed by atoms with E-state index >= 15 is 0 Å². The zero-order chi connectivity index (χ0) is 24.0. The maximum atomic E-state index is 11.7. The van der Waals surface area contributed by atoms with E-state index in [2.05, 4.69) is 5.32 Å². The molecule has 0 amide bonds. The van der Waals surface area contributed by atoms with Crippen LogP contribution in [0.2, 0.25) is 5.02 Å². The van der Waals surface area contributed by atoms with Gasteiger partial charge in [0.1, 0.15) is 0 Å². The Kier molecular flexibility index (Phi) is 6.18. The Balaban J connectivity index is 1.55. The fourth-order valence-electron chi connectivity index (χ4n) is 5.12. The number of para-hydroxylation sites is 1. The summed E-state index contributed by atoms with van der Waals surface area (Å²) in [6.07, 6.45) is 0.715. The summed E-state index contributed by atoms with van der Waals surface area (Å²) in [7, 11) is 0. The highest BCUT2D eigenvalue weighted by molar-refractivity contribution is 8.00. The van der Waals surface area contributed by atoms with Crippen LogP contribution < -0.4 is 5.32 Å². The molecule has 0 bridgehead atoms. The molecule has 0 aromatic heterocycles. The molecule has 34 heavy (non-hydrogen) atoms. The van der Waals surface area contributed by atoms with Gasteiger partial charge < -0.3 is 10.4 Å². The molecule has 1 heterocycles. The van der Waals surface area contributed by atoms with E-state index < -0.39 is 5.97 Å². The number of halogens is 2. The van der Waals surface area contributed by atoms with Crippen LogP contribution >= 0.6 is 35.0 Å². The van der Waals surface area contributed by atoms with Gasteiger partial charge in [-0.1, -0.05) is 35.9 Å². The van der Waals surface area contributed by atoms with E-state index in [1.165, 1.54) is 17.8 Å². The standard InChI is InChI=1S/C25H20Cl2N2O4S/c26-15-8-5-13(6-9-15)24-17-12-21(34-20-4-2-1-3-19(20)29(32)33)23(27)22(17)16-11-14(25(30)31)7-10-18(16)28-24/h1-11,17,21-24,28H,12H2,(H,30,31)/t17-,21+,22+,23-,24+/m1/s1. The van der Waals surface area contributed by atoms with Crippen molar-refractivity contribution in [2.75, 3.05) is 5.32 Å². The number of carbonyl (C=O) groups is 1. The van der Waals surface area contributed by atoms with E-state index in [-0.39, 0.29) is 44.7 Å². The minimum Gasteiger partial charge on any atom is -0.478 e. The minimum atomic E-state index is -0.992. The number of hydrogen-bond acceptors (Lipinski definition) is 5. The number of benzene rings is 3. The summed E-state index contributed by atoms with van der Waals surface area (Å²) in [6.45, 7) is 0. The normalized spacial score (nSPS) is 25.2. The van der Waals surface area contributed by atoms with Crippen molar-refractivity contribution in [1.82, 2.24) is 0 Å². The Morgan fingerprint density at radius 2 is 1.85 bits per heavy atom. The summed E-state index contributed by atoms with van der Waals surface area (Å²) < 4.78 is 0.